The number of ether oxygens (including phenoxy) is 2. The van der Waals surface area contributed by atoms with Crippen molar-refractivity contribution in [2.75, 3.05) is 17.4 Å². The minimum atomic E-state index is -0.586. The lowest BCUT2D eigenvalue weighted by atomic mass is 9.93. The number of anilines is 2. The van der Waals surface area contributed by atoms with Gasteiger partial charge in [0.15, 0.2) is 11.5 Å². The van der Waals surface area contributed by atoms with Crippen molar-refractivity contribution >= 4 is 34.0 Å². The number of aliphatic hydroxyl groups is 1. The molecule has 2 heterocycles. The third kappa shape index (κ3) is 3.06. The molecule has 2 aliphatic rings. The number of nitrogens with one attached hydrogen (secondary N) is 2. The highest BCUT2D eigenvalue weighted by atomic mass is 32.1. The molecule has 136 valence electrons. The number of carbonyl (C=O) groups excluding carboxylic acids is 2. The fourth-order valence-corrected chi connectivity index (χ4v) is 4.48. The number of aliphatic hydroxyl groups excluding tert-OH is 1. The van der Waals surface area contributed by atoms with Gasteiger partial charge in [0.05, 0.1) is 11.7 Å². The summed E-state index contributed by atoms with van der Waals surface area (Å²) in [6.07, 6.45) is 1.17. The number of benzene rings is 1. The third-order valence-electron chi connectivity index (χ3n) is 4.34. The first-order chi connectivity index (χ1) is 12.5. The molecule has 1 unspecified atom stereocenters. The number of rotatable bonds is 3. The lowest BCUT2D eigenvalue weighted by molar-refractivity contribution is 0.0998. The molecule has 4 rings (SSSR count). The largest absolute Gasteiger partial charge is 0.454 e. The first kappa shape index (κ1) is 16.7. The maximum absolute atomic E-state index is 12.3. The number of hydrogen-bond acceptors (Lipinski definition) is 6. The van der Waals surface area contributed by atoms with Gasteiger partial charge in [-0.3, -0.25) is 10.1 Å². The van der Waals surface area contributed by atoms with Gasteiger partial charge in [-0.15, -0.1) is 11.3 Å². The molecule has 1 atom stereocenters. The van der Waals surface area contributed by atoms with E-state index in [4.69, 9.17) is 15.2 Å². The number of primary amides is 1. The predicted octanol–water partition coefficient (Wildman–Crippen LogP) is 2.07. The molecule has 1 aromatic carbocycles. The van der Waals surface area contributed by atoms with Crippen molar-refractivity contribution in [3.63, 3.8) is 0 Å². The molecule has 0 saturated heterocycles. The molecular weight excluding hydrogens is 358 g/mol. The van der Waals surface area contributed by atoms with Crippen molar-refractivity contribution < 1.29 is 24.2 Å². The molecule has 2 aromatic rings. The van der Waals surface area contributed by atoms with Crippen LogP contribution in [0.3, 0.4) is 0 Å². The van der Waals surface area contributed by atoms with Crippen molar-refractivity contribution in [1.82, 2.24) is 0 Å². The Morgan fingerprint density at radius 1 is 1.23 bits per heavy atom. The molecule has 3 amide bonds. The van der Waals surface area contributed by atoms with E-state index in [1.54, 1.807) is 18.2 Å². The first-order valence-corrected chi connectivity index (χ1v) is 8.93. The highest BCUT2D eigenvalue weighted by Gasteiger charge is 2.28. The molecule has 0 bridgehead atoms. The zero-order valence-electron chi connectivity index (χ0n) is 13.7. The van der Waals surface area contributed by atoms with E-state index in [0.29, 0.717) is 47.0 Å². The number of carbonyl (C=O) groups is 2. The maximum Gasteiger partial charge on any atom is 0.324 e. The van der Waals surface area contributed by atoms with Gasteiger partial charge in [-0.2, -0.15) is 0 Å². The quantitative estimate of drug-likeness (QED) is 0.654. The van der Waals surface area contributed by atoms with Crippen LogP contribution in [0.15, 0.2) is 18.2 Å². The SMILES string of the molecule is NC(=O)c1c(NC(=O)Nc2ccc3c(c2)OCO3)sc2c1CCC(O)C2. The van der Waals surface area contributed by atoms with E-state index in [2.05, 4.69) is 10.6 Å². The van der Waals surface area contributed by atoms with Gasteiger partial charge in [-0.05, 0) is 30.5 Å². The van der Waals surface area contributed by atoms with Gasteiger partial charge in [0, 0.05) is 23.1 Å². The van der Waals surface area contributed by atoms with Crippen LogP contribution in [0.1, 0.15) is 27.2 Å². The van der Waals surface area contributed by atoms with Crippen LogP contribution in [0.5, 0.6) is 11.5 Å². The summed E-state index contributed by atoms with van der Waals surface area (Å²) < 4.78 is 10.5. The Morgan fingerprint density at radius 2 is 2.04 bits per heavy atom. The fraction of sp³-hybridized carbons (Fsp3) is 0.294. The summed E-state index contributed by atoms with van der Waals surface area (Å²) in [4.78, 5) is 25.1. The highest BCUT2D eigenvalue weighted by molar-refractivity contribution is 7.17. The number of fused-ring (bicyclic) bond motifs is 2. The molecule has 1 aliphatic heterocycles. The van der Waals surface area contributed by atoms with Crippen molar-refractivity contribution in [3.05, 3.63) is 34.2 Å². The summed E-state index contributed by atoms with van der Waals surface area (Å²) in [5.41, 5.74) is 7.20. The molecule has 1 aliphatic carbocycles. The van der Waals surface area contributed by atoms with Crippen molar-refractivity contribution in [1.29, 1.82) is 0 Å². The smallest absolute Gasteiger partial charge is 0.324 e. The molecule has 8 nitrogen and oxygen atoms in total. The molecule has 0 radical (unpaired) electrons. The standard InChI is InChI=1S/C17H17N3O5S/c18-15(22)14-10-3-2-9(21)6-13(10)26-16(14)20-17(23)19-8-1-4-11-12(5-8)25-7-24-11/h1,4-5,9,21H,2-3,6-7H2,(H2,18,22)(H2,19,20,23). The Labute approximate surface area is 152 Å². The molecule has 26 heavy (non-hydrogen) atoms. The molecule has 0 spiro atoms. The van der Waals surface area contributed by atoms with E-state index in [9.17, 15) is 14.7 Å². The topological polar surface area (TPSA) is 123 Å². The van der Waals surface area contributed by atoms with Crippen LogP contribution in [0.4, 0.5) is 15.5 Å². The summed E-state index contributed by atoms with van der Waals surface area (Å²) >= 11 is 1.28. The predicted molar refractivity (Wildman–Crippen MR) is 96.1 cm³/mol. The Kier molecular flexibility index (Phi) is 4.17. The number of urea groups is 1. The minimum absolute atomic E-state index is 0.152. The van der Waals surface area contributed by atoms with Gasteiger partial charge in [-0.25, -0.2) is 4.79 Å². The Bertz CT molecular complexity index is 895. The molecular formula is C17H17N3O5S. The van der Waals surface area contributed by atoms with Crippen molar-refractivity contribution in [2.24, 2.45) is 5.73 Å². The molecule has 0 fully saturated rings. The second-order valence-electron chi connectivity index (χ2n) is 6.12. The van der Waals surface area contributed by atoms with E-state index in [-0.39, 0.29) is 6.79 Å². The zero-order valence-corrected chi connectivity index (χ0v) is 14.5. The number of hydrogen-bond donors (Lipinski definition) is 4. The molecule has 5 N–H and O–H groups in total. The number of nitrogens with two attached hydrogens (primary N) is 1. The van der Waals surface area contributed by atoms with E-state index in [1.165, 1.54) is 11.3 Å². The Hall–Kier alpha value is -2.78. The van der Waals surface area contributed by atoms with E-state index in [0.717, 1.165) is 10.4 Å². The summed E-state index contributed by atoms with van der Waals surface area (Å²) in [5, 5.41) is 15.6. The number of amides is 3. The monoisotopic (exact) mass is 375 g/mol. The summed E-state index contributed by atoms with van der Waals surface area (Å²) in [6.45, 7) is 0.152. The highest BCUT2D eigenvalue weighted by Crippen LogP contribution is 2.38. The van der Waals surface area contributed by atoms with Gasteiger partial charge in [0.1, 0.15) is 5.00 Å². The third-order valence-corrected chi connectivity index (χ3v) is 5.51. The average Bonchev–Trinajstić information content (AvgIpc) is 3.17. The Balaban J connectivity index is 1.53. The molecule has 9 heteroatoms. The van der Waals surface area contributed by atoms with E-state index >= 15 is 0 Å². The van der Waals surface area contributed by atoms with Gasteiger partial charge in [0.2, 0.25) is 6.79 Å². The molecule has 1 aromatic heterocycles. The van der Waals surface area contributed by atoms with E-state index in [1.807, 2.05) is 0 Å². The van der Waals surface area contributed by atoms with Crippen LogP contribution >= 0.6 is 11.3 Å². The van der Waals surface area contributed by atoms with Crippen molar-refractivity contribution in [2.45, 2.75) is 25.4 Å². The molecule has 0 saturated carbocycles. The lowest BCUT2D eigenvalue weighted by Crippen LogP contribution is -2.23. The summed E-state index contributed by atoms with van der Waals surface area (Å²) in [6, 6.07) is 4.56. The van der Waals surface area contributed by atoms with Gasteiger partial charge in [0.25, 0.3) is 5.91 Å². The zero-order chi connectivity index (χ0) is 18.3. The fourth-order valence-electron chi connectivity index (χ4n) is 3.16. The lowest BCUT2D eigenvalue weighted by Gasteiger charge is -2.17. The van der Waals surface area contributed by atoms with Gasteiger partial charge >= 0.3 is 6.03 Å². The van der Waals surface area contributed by atoms with Crippen LogP contribution in [0.25, 0.3) is 0 Å². The first-order valence-electron chi connectivity index (χ1n) is 8.11. The normalized spacial score (nSPS) is 17.5. The van der Waals surface area contributed by atoms with Crippen LogP contribution in [-0.2, 0) is 12.8 Å². The number of thiophene rings is 1. The van der Waals surface area contributed by atoms with Gasteiger partial charge < -0.3 is 25.6 Å². The van der Waals surface area contributed by atoms with Gasteiger partial charge in [-0.1, -0.05) is 0 Å². The Morgan fingerprint density at radius 3 is 2.85 bits per heavy atom. The van der Waals surface area contributed by atoms with Crippen LogP contribution in [0, 0.1) is 0 Å². The summed E-state index contributed by atoms with van der Waals surface area (Å²) in [5.74, 6) is 0.593. The van der Waals surface area contributed by atoms with Crippen LogP contribution in [-0.4, -0.2) is 29.9 Å². The van der Waals surface area contributed by atoms with Crippen LogP contribution in [0.2, 0.25) is 0 Å². The second kappa shape index (κ2) is 6.50. The van der Waals surface area contributed by atoms with E-state index < -0.39 is 18.0 Å². The minimum Gasteiger partial charge on any atom is -0.454 e. The van der Waals surface area contributed by atoms with Crippen LogP contribution < -0.4 is 25.8 Å². The summed E-state index contributed by atoms with van der Waals surface area (Å²) in [7, 11) is 0. The maximum atomic E-state index is 12.3. The average molecular weight is 375 g/mol. The van der Waals surface area contributed by atoms with Crippen molar-refractivity contribution in [3.8, 4) is 11.5 Å². The second-order valence-corrected chi connectivity index (χ2v) is 7.22.